The van der Waals surface area contributed by atoms with Crippen LogP contribution >= 0.6 is 49.1 Å². The van der Waals surface area contributed by atoms with Gasteiger partial charge in [0.05, 0.1) is 16.1 Å². The van der Waals surface area contributed by atoms with E-state index in [2.05, 4.69) is 207 Å². The summed E-state index contributed by atoms with van der Waals surface area (Å²) in [7, 11) is 0. The summed E-state index contributed by atoms with van der Waals surface area (Å²) in [5.41, 5.74) is 8.42. The van der Waals surface area contributed by atoms with Gasteiger partial charge in [0.2, 0.25) is 0 Å². The van der Waals surface area contributed by atoms with Crippen molar-refractivity contribution in [3.05, 3.63) is 156 Å². The van der Waals surface area contributed by atoms with Gasteiger partial charge in [-0.3, -0.25) is 4.79 Å². The van der Waals surface area contributed by atoms with Crippen LogP contribution in [0.2, 0.25) is 0 Å². The first-order chi connectivity index (χ1) is 30.9. The molecule has 0 atom stereocenters. The number of amides is 3. The molecule has 4 aromatic carbocycles. The van der Waals surface area contributed by atoms with Crippen LogP contribution in [0.25, 0.3) is 0 Å². The Morgan fingerprint density at radius 2 is 0.971 bits per heavy atom. The normalized spacial score (nSPS) is 14.4. The Morgan fingerprint density at radius 1 is 0.574 bits per heavy atom. The number of imide groups is 1. The van der Waals surface area contributed by atoms with Crippen molar-refractivity contribution >= 4 is 107 Å². The van der Waals surface area contributed by atoms with Gasteiger partial charge in [-0.05, 0) is 61.1 Å². The van der Waals surface area contributed by atoms with E-state index in [1.165, 1.54) is 22.3 Å². The van der Waals surface area contributed by atoms with Gasteiger partial charge < -0.3 is 24.9 Å². The standard InChI is InChI=1S/C23H23BrN4.C23H24N4.C5H7BrN2O2.BrH.2Ir/c1-15(2)17-5-7-18(8-6-17)27-14-28(23-22(27)25-11-12-26-23)19-9-10-20(16(3)4)21(24)13-19;1-16(2)18-5-9-20(10-6-18)26-15-27(23-22(26)24-13-14-25-23)21-11-7-19(8-12-21)17(3)4;1-5(2)3(9)8(6)4(10)7-5;;;/h5-8,10-16H,1-4H3;5-11,13-17H,1-4H3;1-2H3,(H,7,10);1H;;/q2*-2;;;;. The van der Waals surface area contributed by atoms with Crippen molar-refractivity contribution in [1.29, 1.82) is 0 Å². The Hall–Kier alpha value is -4.08. The van der Waals surface area contributed by atoms with Crippen molar-refractivity contribution in [1.82, 2.24) is 29.2 Å². The summed E-state index contributed by atoms with van der Waals surface area (Å²) in [5.74, 6) is 4.94. The van der Waals surface area contributed by atoms with E-state index >= 15 is 0 Å². The molecule has 3 amide bonds. The summed E-state index contributed by atoms with van der Waals surface area (Å²) in [6, 6.07) is 34.1. The molecule has 0 spiro atoms. The van der Waals surface area contributed by atoms with Crippen molar-refractivity contribution in [3.63, 3.8) is 0 Å². The molecule has 12 nitrogen and oxygen atoms in total. The van der Waals surface area contributed by atoms with Crippen LogP contribution in [0.3, 0.4) is 0 Å². The summed E-state index contributed by atoms with van der Waals surface area (Å²) < 4.78 is 1.97. The van der Waals surface area contributed by atoms with Gasteiger partial charge in [0.1, 0.15) is 28.8 Å². The molecule has 9 rings (SSSR count). The SMILES string of the molecule is Br.CC(C)c1c[c-]c(N2[CH-]N(c3ccc(C(C)C)cc3)c3nccnc32)cc1.CC(C)c1ccc(N2[CH-]N(c3[c-]cc(C(C)C)c(Br)c3)c3nccnc32)cc1.CC1(C)NC(=O)N(Br)C1=O.[Ir].[Ir]. The predicted octanol–water partition coefficient (Wildman–Crippen LogP) is 13.8. The molecule has 0 aliphatic carbocycles. The van der Waals surface area contributed by atoms with Gasteiger partial charge in [-0.1, -0.05) is 112 Å². The molecule has 17 heteroatoms. The number of carbonyl (C=O) groups excluding carboxylic acids is 2. The molecule has 3 aliphatic rings. The summed E-state index contributed by atoms with van der Waals surface area (Å²) in [6.45, 7) is 24.9. The molecule has 6 aromatic rings. The topological polar surface area (TPSA) is 114 Å². The molecule has 3 aliphatic heterocycles. The fourth-order valence-corrected chi connectivity index (χ4v) is 8.56. The average Bonchev–Trinajstić information content (AvgIpc) is 3.93. The first-order valence-electron chi connectivity index (χ1n) is 21.7. The zero-order valence-corrected chi connectivity index (χ0v) is 49.1. The van der Waals surface area contributed by atoms with E-state index in [0.717, 1.165) is 54.4 Å². The van der Waals surface area contributed by atoms with Crippen molar-refractivity contribution in [3.8, 4) is 0 Å². The zero-order chi connectivity index (χ0) is 46.7. The first kappa shape index (κ1) is 56.5. The molecular weight excluding hydrogens is 1410 g/mol. The largest absolute Gasteiger partial charge is 0.477 e. The molecule has 0 saturated carbocycles. The Morgan fingerprint density at radius 3 is 1.29 bits per heavy atom. The van der Waals surface area contributed by atoms with E-state index in [1.54, 1.807) is 38.6 Å². The van der Waals surface area contributed by atoms with Crippen molar-refractivity contribution in [2.24, 2.45) is 0 Å². The molecule has 364 valence electrons. The quantitative estimate of drug-likeness (QED) is 0.0898. The smallest absolute Gasteiger partial charge is 0.335 e. The van der Waals surface area contributed by atoms with Gasteiger partial charge in [0.15, 0.2) is 0 Å². The van der Waals surface area contributed by atoms with Gasteiger partial charge in [-0.15, -0.1) is 59.4 Å². The number of halogens is 3. The van der Waals surface area contributed by atoms with E-state index in [1.807, 2.05) is 29.2 Å². The predicted molar refractivity (Wildman–Crippen MR) is 277 cm³/mol. The number of nitrogens with one attached hydrogen (secondary N) is 1. The number of nitrogens with zero attached hydrogens (tertiary/aromatic N) is 9. The maximum Gasteiger partial charge on any atom is 0.335 e. The fourth-order valence-electron chi connectivity index (χ4n) is 7.24. The third-order valence-electron chi connectivity index (χ3n) is 11.2. The number of hydrogen-bond donors (Lipinski definition) is 1. The number of benzene rings is 4. The Bertz CT molecular complexity index is 2560. The summed E-state index contributed by atoms with van der Waals surface area (Å²) in [4.78, 5) is 48.3. The molecule has 2 aromatic heterocycles. The van der Waals surface area contributed by atoms with Gasteiger partial charge in [0.25, 0.3) is 5.91 Å². The van der Waals surface area contributed by atoms with Crippen molar-refractivity contribution in [2.45, 2.75) is 98.4 Å². The number of urea groups is 1. The van der Waals surface area contributed by atoms with Gasteiger partial charge >= 0.3 is 6.03 Å². The second-order valence-corrected chi connectivity index (χ2v) is 19.3. The Kier molecular flexibility index (Phi) is 20.1. The second-order valence-electron chi connectivity index (χ2n) is 17.7. The van der Waals surface area contributed by atoms with E-state index in [-0.39, 0.29) is 63.1 Å². The molecule has 0 unspecified atom stereocenters. The minimum atomic E-state index is -0.763. The van der Waals surface area contributed by atoms with Crippen LogP contribution in [0.1, 0.15) is 115 Å². The van der Waals surface area contributed by atoms with Crippen LogP contribution in [-0.2, 0) is 45.0 Å². The molecule has 0 bridgehead atoms. The fraction of sp³-hybridized carbons (Fsp3) is 0.294. The molecule has 1 saturated heterocycles. The zero-order valence-electron chi connectivity index (χ0n) is 39.5. The van der Waals surface area contributed by atoms with Crippen molar-refractivity contribution in [2.75, 3.05) is 19.6 Å². The van der Waals surface area contributed by atoms with Gasteiger partial charge in [-0.2, -0.15) is 39.8 Å². The first-order valence-corrected chi connectivity index (χ1v) is 23.2. The third-order valence-corrected chi connectivity index (χ3v) is 12.6. The average molecular weight is 1460 g/mol. The van der Waals surface area contributed by atoms with E-state index in [9.17, 15) is 9.59 Å². The maximum atomic E-state index is 11.0. The van der Waals surface area contributed by atoms with Crippen LogP contribution < -0.4 is 24.9 Å². The van der Waals surface area contributed by atoms with E-state index in [4.69, 9.17) is 0 Å². The number of fused-ring (bicyclic) bond motifs is 2. The molecular formula is C51H55Br3Ir2N10O2-4. The molecule has 1 fully saturated rings. The molecule has 1 N–H and O–H groups in total. The summed E-state index contributed by atoms with van der Waals surface area (Å²) >= 11 is 6.52. The van der Waals surface area contributed by atoms with Gasteiger partial charge in [-0.25, -0.2) is 24.7 Å². The number of anilines is 8. The number of rotatable bonds is 8. The van der Waals surface area contributed by atoms with Crippen LogP contribution in [-0.4, -0.2) is 41.3 Å². The minimum Gasteiger partial charge on any atom is -0.477 e. The molecule has 68 heavy (non-hydrogen) atoms. The monoisotopic (exact) mass is 1460 g/mol. The van der Waals surface area contributed by atoms with Crippen molar-refractivity contribution < 1.29 is 49.8 Å². The number of hydrogen-bond acceptors (Lipinski definition) is 10. The third kappa shape index (κ3) is 12.4. The van der Waals surface area contributed by atoms with Crippen LogP contribution in [0.4, 0.5) is 50.8 Å². The van der Waals surface area contributed by atoms with Crippen LogP contribution in [0.15, 0.2) is 108 Å². The van der Waals surface area contributed by atoms with Gasteiger partial charge in [0, 0.05) is 76.4 Å². The second kappa shape index (κ2) is 24.2. The van der Waals surface area contributed by atoms with Crippen LogP contribution in [0.5, 0.6) is 0 Å². The summed E-state index contributed by atoms with van der Waals surface area (Å²) in [5, 5.41) is 2.48. The van der Waals surface area contributed by atoms with E-state index < -0.39 is 11.6 Å². The van der Waals surface area contributed by atoms with Crippen LogP contribution in [0, 0.1) is 25.5 Å². The Labute approximate surface area is 456 Å². The van der Waals surface area contributed by atoms with E-state index in [0.29, 0.717) is 23.7 Å². The molecule has 5 heterocycles. The molecule has 2 radical (unpaired) electrons. The number of carbonyl (C=O) groups is 2. The maximum absolute atomic E-state index is 11.0. The minimum absolute atomic E-state index is 0. The number of aromatic nitrogens is 4. The summed E-state index contributed by atoms with van der Waals surface area (Å²) in [6.07, 6.45) is 6.92. The Balaban J connectivity index is 0.000000238.